The van der Waals surface area contributed by atoms with Crippen LogP contribution in [0.1, 0.15) is 66.1 Å². The van der Waals surface area contributed by atoms with E-state index in [1.165, 1.54) is 0 Å². The van der Waals surface area contributed by atoms with Crippen LogP contribution in [0.2, 0.25) is 0 Å². The number of pyridine rings is 1. The molecule has 6 heteroatoms. The number of nitrogens with zero attached hydrogens (tertiary/aromatic N) is 3. The molecule has 0 spiro atoms. The van der Waals surface area contributed by atoms with Crippen molar-refractivity contribution < 1.29 is 14.3 Å². The van der Waals surface area contributed by atoms with E-state index in [2.05, 4.69) is 10.1 Å². The van der Waals surface area contributed by atoms with Gasteiger partial charge in [-0.3, -0.25) is 4.79 Å². The van der Waals surface area contributed by atoms with E-state index in [-0.39, 0.29) is 24.3 Å². The van der Waals surface area contributed by atoms with E-state index in [4.69, 9.17) is 4.74 Å². The molecule has 0 aliphatic carbocycles. The van der Waals surface area contributed by atoms with Crippen molar-refractivity contribution in [3.05, 3.63) is 59.4 Å². The van der Waals surface area contributed by atoms with Crippen LogP contribution in [0.4, 0.5) is 0 Å². The average Bonchev–Trinajstić information content (AvgIpc) is 3.10. The molecule has 2 aromatic heterocycles. The lowest BCUT2D eigenvalue weighted by atomic mass is 10.1. The van der Waals surface area contributed by atoms with E-state index >= 15 is 0 Å². The first-order valence-corrected chi connectivity index (χ1v) is 9.02. The largest absolute Gasteiger partial charge is 0.454 e. The predicted molar refractivity (Wildman–Crippen MR) is 103 cm³/mol. The molecule has 140 valence electrons. The van der Waals surface area contributed by atoms with Gasteiger partial charge in [0.05, 0.1) is 17.1 Å². The molecular formula is C21H23N3O3. The fourth-order valence-electron chi connectivity index (χ4n) is 2.80. The maximum Gasteiger partial charge on any atom is 0.339 e. The standard InChI is InChI=1S/C21H23N3O3/c1-13(2)18-10-16(17-11-22-24(14(3)4)20(17)23-18)21(26)27-12-19(25)15-8-6-5-7-9-15/h5-11,13-14H,12H2,1-4H3. The summed E-state index contributed by atoms with van der Waals surface area (Å²) in [5, 5.41) is 4.99. The number of ether oxygens (including phenoxy) is 1. The fraction of sp³-hybridized carbons (Fsp3) is 0.333. The number of fused-ring (bicyclic) bond motifs is 1. The molecule has 0 bridgehead atoms. The molecule has 0 unspecified atom stereocenters. The van der Waals surface area contributed by atoms with E-state index in [0.717, 1.165) is 5.69 Å². The van der Waals surface area contributed by atoms with Gasteiger partial charge in [-0.1, -0.05) is 44.2 Å². The molecule has 0 amide bonds. The van der Waals surface area contributed by atoms with Gasteiger partial charge in [0.1, 0.15) is 0 Å². The number of esters is 1. The van der Waals surface area contributed by atoms with Gasteiger partial charge < -0.3 is 4.74 Å². The summed E-state index contributed by atoms with van der Waals surface area (Å²) < 4.78 is 7.09. The van der Waals surface area contributed by atoms with E-state index < -0.39 is 5.97 Å². The molecule has 0 aliphatic heterocycles. The Morgan fingerprint density at radius 2 is 1.81 bits per heavy atom. The minimum absolute atomic E-state index is 0.112. The third-order valence-corrected chi connectivity index (χ3v) is 4.32. The number of carbonyl (C=O) groups is 2. The summed E-state index contributed by atoms with van der Waals surface area (Å²) in [5.74, 6) is -0.643. The van der Waals surface area contributed by atoms with Crippen LogP contribution < -0.4 is 0 Å². The lowest BCUT2D eigenvalue weighted by Gasteiger charge is -2.12. The molecule has 3 rings (SSSR count). The van der Waals surface area contributed by atoms with Crippen LogP contribution >= 0.6 is 0 Å². The Morgan fingerprint density at radius 3 is 2.44 bits per heavy atom. The van der Waals surface area contributed by atoms with Crippen LogP contribution in [0, 0.1) is 0 Å². The van der Waals surface area contributed by atoms with Crippen molar-refractivity contribution in [1.82, 2.24) is 14.8 Å². The molecule has 0 radical (unpaired) electrons. The minimum atomic E-state index is -0.545. The molecule has 27 heavy (non-hydrogen) atoms. The number of carbonyl (C=O) groups excluding carboxylic acids is 2. The normalized spacial score (nSPS) is 11.3. The van der Waals surface area contributed by atoms with Gasteiger partial charge in [0.15, 0.2) is 18.0 Å². The Labute approximate surface area is 158 Å². The lowest BCUT2D eigenvalue weighted by molar-refractivity contribution is 0.0476. The molecule has 3 aromatic rings. The van der Waals surface area contributed by atoms with Gasteiger partial charge in [-0.05, 0) is 25.8 Å². The molecule has 0 aliphatic rings. The van der Waals surface area contributed by atoms with Crippen molar-refractivity contribution >= 4 is 22.8 Å². The highest BCUT2D eigenvalue weighted by Gasteiger charge is 2.20. The first-order valence-electron chi connectivity index (χ1n) is 9.02. The Balaban J connectivity index is 1.90. The molecule has 0 fully saturated rings. The highest BCUT2D eigenvalue weighted by atomic mass is 16.5. The second-order valence-electron chi connectivity index (χ2n) is 7.03. The summed E-state index contributed by atoms with van der Waals surface area (Å²) in [6.07, 6.45) is 1.63. The van der Waals surface area contributed by atoms with Crippen LogP contribution in [-0.4, -0.2) is 33.1 Å². The van der Waals surface area contributed by atoms with E-state index in [0.29, 0.717) is 22.2 Å². The Bertz CT molecular complexity index is 975. The van der Waals surface area contributed by atoms with Crippen LogP contribution in [-0.2, 0) is 4.74 Å². The Morgan fingerprint density at radius 1 is 1.11 bits per heavy atom. The van der Waals surface area contributed by atoms with Gasteiger partial charge >= 0.3 is 5.97 Å². The zero-order chi connectivity index (χ0) is 19.6. The number of benzene rings is 1. The van der Waals surface area contributed by atoms with Crippen LogP contribution in [0.3, 0.4) is 0 Å². The summed E-state index contributed by atoms with van der Waals surface area (Å²) in [6.45, 7) is 7.73. The topological polar surface area (TPSA) is 74.1 Å². The molecule has 2 heterocycles. The molecule has 6 nitrogen and oxygen atoms in total. The van der Waals surface area contributed by atoms with Crippen molar-refractivity contribution in [2.24, 2.45) is 0 Å². The van der Waals surface area contributed by atoms with Gasteiger partial charge in [-0.2, -0.15) is 5.10 Å². The first-order chi connectivity index (χ1) is 12.9. The first kappa shape index (κ1) is 18.8. The highest BCUT2D eigenvalue weighted by Crippen LogP contribution is 2.25. The predicted octanol–water partition coefficient (Wildman–Crippen LogP) is 4.18. The second kappa shape index (κ2) is 7.70. The van der Waals surface area contributed by atoms with Crippen molar-refractivity contribution in [3.8, 4) is 0 Å². The number of Topliss-reactive ketones (excluding diaryl/α,β-unsaturated/α-hetero) is 1. The van der Waals surface area contributed by atoms with Gasteiger partial charge in [-0.25, -0.2) is 14.5 Å². The maximum atomic E-state index is 12.7. The smallest absolute Gasteiger partial charge is 0.339 e. The van der Waals surface area contributed by atoms with Gasteiger partial charge in [0.25, 0.3) is 0 Å². The zero-order valence-corrected chi connectivity index (χ0v) is 16.0. The molecule has 0 N–H and O–H groups in total. The minimum Gasteiger partial charge on any atom is -0.454 e. The summed E-state index contributed by atoms with van der Waals surface area (Å²) >= 11 is 0. The third kappa shape index (κ3) is 3.89. The maximum absolute atomic E-state index is 12.7. The van der Waals surface area contributed by atoms with Gasteiger partial charge in [0.2, 0.25) is 0 Å². The number of hydrogen-bond acceptors (Lipinski definition) is 5. The van der Waals surface area contributed by atoms with Crippen LogP contribution in [0.25, 0.3) is 11.0 Å². The third-order valence-electron chi connectivity index (χ3n) is 4.32. The molecule has 0 atom stereocenters. The van der Waals surface area contributed by atoms with E-state index in [1.807, 2.05) is 33.8 Å². The molecule has 0 saturated heterocycles. The Kier molecular flexibility index (Phi) is 5.35. The number of hydrogen-bond donors (Lipinski definition) is 0. The SMILES string of the molecule is CC(C)c1cc(C(=O)OCC(=O)c2ccccc2)c2cnn(C(C)C)c2n1. The van der Waals surface area contributed by atoms with Crippen molar-refractivity contribution in [2.75, 3.05) is 6.61 Å². The average molecular weight is 365 g/mol. The van der Waals surface area contributed by atoms with Gasteiger partial charge in [0, 0.05) is 17.3 Å². The van der Waals surface area contributed by atoms with E-state index in [1.54, 1.807) is 41.2 Å². The number of ketones is 1. The highest BCUT2D eigenvalue weighted by molar-refractivity contribution is 6.04. The molecule has 0 saturated carbocycles. The monoisotopic (exact) mass is 365 g/mol. The Hall–Kier alpha value is -3.02. The molecule has 1 aromatic carbocycles. The van der Waals surface area contributed by atoms with Crippen molar-refractivity contribution in [2.45, 2.75) is 39.7 Å². The lowest BCUT2D eigenvalue weighted by Crippen LogP contribution is -2.15. The summed E-state index contributed by atoms with van der Waals surface area (Å²) in [4.78, 5) is 29.6. The fourth-order valence-corrected chi connectivity index (χ4v) is 2.80. The second-order valence-corrected chi connectivity index (χ2v) is 7.03. The zero-order valence-electron chi connectivity index (χ0n) is 16.0. The summed E-state index contributed by atoms with van der Waals surface area (Å²) in [5.41, 5.74) is 2.33. The van der Waals surface area contributed by atoms with E-state index in [9.17, 15) is 9.59 Å². The quantitative estimate of drug-likeness (QED) is 0.484. The molecular weight excluding hydrogens is 342 g/mol. The summed E-state index contributed by atoms with van der Waals surface area (Å²) in [7, 11) is 0. The number of aromatic nitrogens is 3. The van der Waals surface area contributed by atoms with Crippen LogP contribution in [0.15, 0.2) is 42.6 Å². The summed E-state index contributed by atoms with van der Waals surface area (Å²) in [6, 6.07) is 10.6. The van der Waals surface area contributed by atoms with Gasteiger partial charge in [-0.15, -0.1) is 0 Å². The number of rotatable bonds is 6. The van der Waals surface area contributed by atoms with Crippen molar-refractivity contribution in [3.63, 3.8) is 0 Å². The van der Waals surface area contributed by atoms with Crippen molar-refractivity contribution in [1.29, 1.82) is 0 Å². The van der Waals surface area contributed by atoms with Crippen LogP contribution in [0.5, 0.6) is 0 Å².